The first-order valence-electron chi connectivity index (χ1n) is 5.41. The predicted molar refractivity (Wildman–Crippen MR) is 63.0 cm³/mol. The van der Waals surface area contributed by atoms with Crippen LogP contribution in [0.15, 0.2) is 0 Å². The van der Waals surface area contributed by atoms with E-state index in [1.165, 1.54) is 7.05 Å². The molecule has 0 fully saturated rings. The van der Waals surface area contributed by atoms with Crippen LogP contribution < -0.4 is 16.4 Å². The van der Waals surface area contributed by atoms with Gasteiger partial charge < -0.3 is 21.3 Å². The van der Waals surface area contributed by atoms with E-state index in [0.29, 0.717) is 0 Å². The van der Waals surface area contributed by atoms with Crippen molar-refractivity contribution in [2.24, 2.45) is 5.73 Å². The molecule has 4 N–H and O–H groups in total. The molecule has 17 heavy (non-hydrogen) atoms. The molecule has 3 amide bonds. The number of hydrogen-bond donors (Lipinski definition) is 3. The van der Waals surface area contributed by atoms with E-state index in [4.69, 9.17) is 5.73 Å². The summed E-state index contributed by atoms with van der Waals surface area (Å²) in [6, 6.07) is -0.00271. The van der Waals surface area contributed by atoms with E-state index < -0.39 is 11.8 Å². The highest BCUT2D eigenvalue weighted by Crippen LogP contribution is 1.87. The number of carbonyl (C=O) groups excluding carboxylic acids is 3. The van der Waals surface area contributed by atoms with Gasteiger partial charge in [0.25, 0.3) is 0 Å². The number of hydrogen-bond acceptors (Lipinski definition) is 4. The van der Waals surface area contributed by atoms with Crippen LogP contribution in [0, 0.1) is 0 Å². The number of nitrogens with zero attached hydrogens (tertiary/aromatic N) is 1. The van der Waals surface area contributed by atoms with E-state index in [-0.39, 0.29) is 31.6 Å². The summed E-state index contributed by atoms with van der Waals surface area (Å²) in [5.74, 6) is -1.81. The van der Waals surface area contributed by atoms with Crippen molar-refractivity contribution < 1.29 is 14.4 Å². The fourth-order valence-corrected chi connectivity index (χ4v) is 1.09. The summed E-state index contributed by atoms with van der Waals surface area (Å²) in [6.45, 7) is 3.97. The molecule has 7 nitrogen and oxygen atoms in total. The normalized spacial score (nSPS) is 9.94. The van der Waals surface area contributed by atoms with Crippen LogP contribution in [0.1, 0.15) is 13.8 Å². The Morgan fingerprint density at radius 3 is 2.35 bits per heavy atom. The fraction of sp³-hybridized carbons (Fsp3) is 0.700. The minimum atomic E-state index is -0.754. The molecule has 0 aliphatic heterocycles. The Kier molecular flexibility index (Phi) is 6.88. The molecular formula is C10H20N4O3. The van der Waals surface area contributed by atoms with Crippen molar-refractivity contribution in [3.05, 3.63) is 0 Å². The molecule has 0 aromatic rings. The molecule has 0 radical (unpaired) electrons. The lowest BCUT2D eigenvalue weighted by molar-refractivity contribution is -0.146. The van der Waals surface area contributed by atoms with Crippen LogP contribution in [0.4, 0.5) is 0 Å². The van der Waals surface area contributed by atoms with Crippen molar-refractivity contribution in [2.75, 3.05) is 26.7 Å². The highest BCUT2D eigenvalue weighted by Gasteiger charge is 2.20. The van der Waals surface area contributed by atoms with E-state index in [9.17, 15) is 14.4 Å². The summed E-state index contributed by atoms with van der Waals surface area (Å²) in [5, 5.41) is 4.97. The maximum Gasteiger partial charge on any atom is 0.312 e. The van der Waals surface area contributed by atoms with E-state index in [1.54, 1.807) is 0 Å². The minimum Gasteiger partial charge on any atom is -0.352 e. The molecule has 0 spiro atoms. The molecule has 0 aromatic heterocycles. The third-order valence-corrected chi connectivity index (χ3v) is 1.80. The maximum absolute atomic E-state index is 11.5. The Morgan fingerprint density at radius 2 is 1.88 bits per heavy atom. The zero-order valence-corrected chi connectivity index (χ0v) is 10.4. The van der Waals surface area contributed by atoms with Crippen molar-refractivity contribution in [3.8, 4) is 0 Å². The van der Waals surface area contributed by atoms with Crippen LogP contribution in [0.3, 0.4) is 0 Å². The van der Waals surface area contributed by atoms with Crippen molar-refractivity contribution in [2.45, 2.75) is 19.9 Å². The Labute approximate surface area is 101 Å². The smallest absolute Gasteiger partial charge is 0.312 e. The zero-order valence-electron chi connectivity index (χ0n) is 10.4. The first kappa shape index (κ1) is 15.4. The predicted octanol–water partition coefficient (Wildman–Crippen LogP) is -1.96. The van der Waals surface area contributed by atoms with Gasteiger partial charge in [-0.2, -0.15) is 0 Å². The van der Waals surface area contributed by atoms with Crippen molar-refractivity contribution >= 4 is 17.7 Å². The molecule has 0 saturated carbocycles. The molecule has 0 aromatic carbocycles. The highest BCUT2D eigenvalue weighted by atomic mass is 16.2. The van der Waals surface area contributed by atoms with Crippen LogP contribution in [-0.4, -0.2) is 55.3 Å². The third-order valence-electron chi connectivity index (χ3n) is 1.80. The average Bonchev–Trinajstić information content (AvgIpc) is 2.23. The summed E-state index contributed by atoms with van der Waals surface area (Å²) in [6.07, 6.45) is 0. The number of likely N-dealkylation sites (N-methyl/N-ethyl adjacent to an activating group) is 1. The topological polar surface area (TPSA) is 105 Å². The average molecular weight is 244 g/mol. The first-order valence-corrected chi connectivity index (χ1v) is 5.41. The molecule has 0 atom stereocenters. The molecule has 7 heteroatoms. The van der Waals surface area contributed by atoms with Crippen LogP contribution in [0.5, 0.6) is 0 Å². The monoisotopic (exact) mass is 244 g/mol. The first-order chi connectivity index (χ1) is 7.88. The van der Waals surface area contributed by atoms with E-state index in [1.807, 2.05) is 13.8 Å². The Bertz CT molecular complexity index is 291. The summed E-state index contributed by atoms with van der Waals surface area (Å²) in [7, 11) is 1.39. The largest absolute Gasteiger partial charge is 0.352 e. The molecule has 0 saturated heterocycles. The van der Waals surface area contributed by atoms with Gasteiger partial charge in [-0.05, 0) is 13.8 Å². The van der Waals surface area contributed by atoms with Crippen LogP contribution in [-0.2, 0) is 14.4 Å². The summed E-state index contributed by atoms with van der Waals surface area (Å²) >= 11 is 0. The molecule has 98 valence electrons. The van der Waals surface area contributed by atoms with Crippen molar-refractivity contribution in [1.82, 2.24) is 15.5 Å². The summed E-state index contributed by atoms with van der Waals surface area (Å²) in [5.41, 5.74) is 5.18. The van der Waals surface area contributed by atoms with Crippen LogP contribution in [0.25, 0.3) is 0 Å². The van der Waals surface area contributed by atoms with Gasteiger partial charge in [0.1, 0.15) is 0 Å². The molecule has 0 bridgehead atoms. The zero-order chi connectivity index (χ0) is 13.4. The van der Waals surface area contributed by atoms with Gasteiger partial charge in [0.2, 0.25) is 5.91 Å². The van der Waals surface area contributed by atoms with Gasteiger partial charge in [-0.3, -0.25) is 14.4 Å². The quantitative estimate of drug-likeness (QED) is 0.489. The van der Waals surface area contributed by atoms with Gasteiger partial charge in [-0.25, -0.2) is 0 Å². The summed E-state index contributed by atoms with van der Waals surface area (Å²) < 4.78 is 0. The Hall–Kier alpha value is -1.63. The van der Waals surface area contributed by atoms with E-state index in [2.05, 4.69) is 10.6 Å². The Balaban J connectivity index is 4.13. The maximum atomic E-state index is 11.5. The molecule has 0 rings (SSSR count). The number of nitrogens with two attached hydrogens (primary N) is 1. The van der Waals surface area contributed by atoms with Crippen LogP contribution >= 0.6 is 0 Å². The standard InChI is InChI=1S/C10H20N4O3/c1-7(2)13-8(15)6-14(3)10(17)9(16)12-5-4-11/h7H,4-6,11H2,1-3H3,(H,12,16)(H,13,15). The lowest BCUT2D eigenvalue weighted by atomic mass is 10.3. The van der Waals surface area contributed by atoms with E-state index in [0.717, 1.165) is 4.90 Å². The molecule has 0 aliphatic carbocycles. The van der Waals surface area contributed by atoms with Gasteiger partial charge in [-0.1, -0.05) is 0 Å². The second-order valence-corrected chi connectivity index (χ2v) is 3.93. The summed E-state index contributed by atoms with van der Waals surface area (Å²) in [4.78, 5) is 35.1. The van der Waals surface area contributed by atoms with Gasteiger partial charge in [0.15, 0.2) is 0 Å². The molecule has 0 aliphatic rings. The van der Waals surface area contributed by atoms with Crippen molar-refractivity contribution in [3.63, 3.8) is 0 Å². The highest BCUT2D eigenvalue weighted by molar-refractivity contribution is 6.35. The fourth-order valence-electron chi connectivity index (χ4n) is 1.09. The lowest BCUT2D eigenvalue weighted by Gasteiger charge is -2.17. The SMILES string of the molecule is CC(C)NC(=O)CN(C)C(=O)C(=O)NCCN. The molecule has 0 unspecified atom stereocenters. The van der Waals surface area contributed by atoms with Crippen molar-refractivity contribution in [1.29, 1.82) is 0 Å². The number of carbonyl (C=O) groups is 3. The number of rotatable bonds is 5. The third kappa shape index (κ3) is 6.52. The van der Waals surface area contributed by atoms with Crippen LogP contribution in [0.2, 0.25) is 0 Å². The minimum absolute atomic E-state index is 0.00271. The number of nitrogens with one attached hydrogen (secondary N) is 2. The second kappa shape index (κ2) is 7.61. The number of amides is 3. The van der Waals surface area contributed by atoms with Gasteiger partial charge in [0, 0.05) is 26.2 Å². The molecule has 0 heterocycles. The van der Waals surface area contributed by atoms with Gasteiger partial charge in [0.05, 0.1) is 6.54 Å². The molecular weight excluding hydrogens is 224 g/mol. The Morgan fingerprint density at radius 1 is 1.29 bits per heavy atom. The van der Waals surface area contributed by atoms with E-state index >= 15 is 0 Å². The lowest BCUT2D eigenvalue weighted by Crippen LogP contribution is -2.46. The second-order valence-electron chi connectivity index (χ2n) is 3.93. The van der Waals surface area contributed by atoms with Gasteiger partial charge >= 0.3 is 11.8 Å². The van der Waals surface area contributed by atoms with Gasteiger partial charge in [-0.15, -0.1) is 0 Å².